The van der Waals surface area contributed by atoms with Crippen molar-refractivity contribution in [2.45, 2.75) is 57.3 Å². The number of aromatic amines is 1. The number of nitrogens with zero attached hydrogens (tertiary/aromatic N) is 5. The van der Waals surface area contributed by atoms with E-state index in [0.717, 1.165) is 17.5 Å². The van der Waals surface area contributed by atoms with Gasteiger partial charge in [0.25, 0.3) is 0 Å². The van der Waals surface area contributed by atoms with E-state index in [1.807, 2.05) is 24.1 Å². The van der Waals surface area contributed by atoms with Gasteiger partial charge < -0.3 is 20.1 Å². The molecule has 0 spiro atoms. The lowest BCUT2D eigenvalue weighted by molar-refractivity contribution is -0.0338. The van der Waals surface area contributed by atoms with E-state index < -0.39 is 0 Å². The van der Waals surface area contributed by atoms with E-state index in [9.17, 15) is 5.11 Å². The van der Waals surface area contributed by atoms with E-state index in [4.69, 9.17) is 4.74 Å². The molecule has 0 saturated carbocycles. The summed E-state index contributed by atoms with van der Waals surface area (Å²) in [5, 5.41) is 29.7. The Morgan fingerprint density at radius 1 is 1.12 bits per heavy atom. The van der Waals surface area contributed by atoms with Crippen LogP contribution in [0.4, 0.5) is 5.95 Å². The summed E-state index contributed by atoms with van der Waals surface area (Å²) >= 11 is 0. The molecule has 1 fully saturated rings. The highest BCUT2D eigenvalue weighted by Gasteiger charge is 2.48. The maximum atomic E-state index is 10.5. The van der Waals surface area contributed by atoms with Crippen LogP contribution in [0.1, 0.15) is 34.1 Å². The molecule has 3 aromatic rings. The third-order valence-electron chi connectivity index (χ3n) is 6.16. The average Bonchev–Trinajstić information content (AvgIpc) is 3.26. The third kappa shape index (κ3) is 4.18. The standard InChI is InChI=1S/C23H31N7O2/c1-22(2)10-18(20(32-6)23(3,4)29-22)30(5)21-24-13-17(27-28-21)16-8-7-14(9-19(16)31)15-11-25-26-12-15/h7-9,11-13,18,20,29,31H,10H2,1-6H3,(H,25,26)/t18-,20+/m1/s1. The van der Waals surface area contributed by atoms with Crippen LogP contribution in [0.25, 0.3) is 22.4 Å². The Kier molecular flexibility index (Phi) is 5.64. The average molecular weight is 438 g/mol. The number of hydrogen-bond donors (Lipinski definition) is 3. The minimum Gasteiger partial charge on any atom is -0.507 e. The summed E-state index contributed by atoms with van der Waals surface area (Å²) in [6.45, 7) is 8.70. The number of ether oxygens (including phenoxy) is 1. The Hall–Kier alpha value is -3.04. The fourth-order valence-electron chi connectivity index (χ4n) is 4.94. The number of hydrogen-bond acceptors (Lipinski definition) is 8. The smallest absolute Gasteiger partial charge is 0.245 e. The minimum atomic E-state index is -0.217. The quantitative estimate of drug-likeness (QED) is 0.558. The fourth-order valence-corrected chi connectivity index (χ4v) is 4.94. The molecule has 3 N–H and O–H groups in total. The van der Waals surface area contributed by atoms with Crippen molar-refractivity contribution in [3.8, 4) is 28.1 Å². The van der Waals surface area contributed by atoms with Crippen molar-refractivity contribution in [2.24, 2.45) is 0 Å². The number of piperidine rings is 1. The highest BCUT2D eigenvalue weighted by molar-refractivity contribution is 5.73. The van der Waals surface area contributed by atoms with Crippen molar-refractivity contribution in [2.75, 3.05) is 19.1 Å². The summed E-state index contributed by atoms with van der Waals surface area (Å²) in [4.78, 5) is 6.60. The van der Waals surface area contributed by atoms with Gasteiger partial charge in [-0.25, -0.2) is 4.98 Å². The van der Waals surface area contributed by atoms with Crippen LogP contribution < -0.4 is 10.2 Å². The fraction of sp³-hybridized carbons (Fsp3) is 0.478. The summed E-state index contributed by atoms with van der Waals surface area (Å²) in [5.41, 5.74) is 2.56. The molecular formula is C23H31N7O2. The number of aromatic hydroxyl groups is 1. The van der Waals surface area contributed by atoms with Crippen LogP contribution in [0.3, 0.4) is 0 Å². The number of aromatic nitrogens is 5. The molecule has 32 heavy (non-hydrogen) atoms. The molecular weight excluding hydrogens is 406 g/mol. The van der Waals surface area contributed by atoms with E-state index in [1.54, 1.807) is 31.8 Å². The van der Waals surface area contributed by atoms with E-state index in [0.29, 0.717) is 17.2 Å². The normalized spacial score (nSPS) is 21.9. The first-order chi connectivity index (χ1) is 15.1. The molecule has 1 aliphatic rings. The second-order valence-corrected chi connectivity index (χ2v) is 9.63. The zero-order valence-electron chi connectivity index (χ0n) is 19.4. The number of phenols is 1. The van der Waals surface area contributed by atoms with Crippen LogP contribution >= 0.6 is 0 Å². The zero-order chi connectivity index (χ0) is 23.1. The van der Waals surface area contributed by atoms with Crippen molar-refractivity contribution in [1.29, 1.82) is 0 Å². The van der Waals surface area contributed by atoms with Crippen LogP contribution in [0.15, 0.2) is 36.8 Å². The number of anilines is 1. The molecule has 9 heteroatoms. The van der Waals surface area contributed by atoms with Gasteiger partial charge in [-0.15, -0.1) is 10.2 Å². The van der Waals surface area contributed by atoms with Crippen molar-refractivity contribution in [1.82, 2.24) is 30.7 Å². The summed E-state index contributed by atoms with van der Waals surface area (Å²) in [7, 11) is 3.72. The van der Waals surface area contributed by atoms with Gasteiger partial charge in [0, 0.05) is 42.6 Å². The molecule has 1 aliphatic heterocycles. The van der Waals surface area contributed by atoms with Crippen LogP contribution in [-0.2, 0) is 4.74 Å². The second kappa shape index (κ2) is 8.14. The highest BCUT2D eigenvalue weighted by atomic mass is 16.5. The van der Waals surface area contributed by atoms with Gasteiger partial charge >= 0.3 is 0 Å². The predicted molar refractivity (Wildman–Crippen MR) is 123 cm³/mol. The van der Waals surface area contributed by atoms with Crippen molar-refractivity contribution in [3.05, 3.63) is 36.8 Å². The van der Waals surface area contributed by atoms with E-state index >= 15 is 0 Å². The molecule has 9 nitrogen and oxygen atoms in total. The van der Waals surface area contributed by atoms with Gasteiger partial charge in [0.05, 0.1) is 24.5 Å². The lowest BCUT2D eigenvalue weighted by atomic mass is 9.76. The van der Waals surface area contributed by atoms with Crippen molar-refractivity contribution >= 4 is 5.95 Å². The Morgan fingerprint density at radius 3 is 2.50 bits per heavy atom. The number of phenolic OH excluding ortho intramolecular Hbond substituents is 1. The Bertz CT molecular complexity index is 1060. The Morgan fingerprint density at radius 2 is 1.91 bits per heavy atom. The second-order valence-electron chi connectivity index (χ2n) is 9.63. The van der Waals surface area contributed by atoms with Crippen molar-refractivity contribution < 1.29 is 9.84 Å². The van der Waals surface area contributed by atoms with E-state index in [1.165, 1.54) is 0 Å². The molecule has 170 valence electrons. The van der Waals surface area contributed by atoms with Gasteiger partial charge in [-0.05, 0) is 51.8 Å². The number of benzene rings is 1. The number of methoxy groups -OCH3 is 1. The SMILES string of the molecule is CO[C@H]1[C@H](N(C)c2ncc(-c3ccc(-c4cn[nH]c4)cc3O)nn2)CC(C)(C)NC1(C)C. The Balaban J connectivity index is 1.58. The van der Waals surface area contributed by atoms with E-state index in [-0.39, 0.29) is 29.0 Å². The topological polar surface area (TPSA) is 112 Å². The summed E-state index contributed by atoms with van der Waals surface area (Å²) in [6, 6.07) is 5.47. The largest absolute Gasteiger partial charge is 0.507 e. The maximum absolute atomic E-state index is 10.5. The number of H-pyrrole nitrogens is 1. The first-order valence-corrected chi connectivity index (χ1v) is 10.7. The monoisotopic (exact) mass is 437 g/mol. The summed E-state index contributed by atoms with van der Waals surface area (Å²) in [5.74, 6) is 0.631. The first kappa shape index (κ1) is 22.2. The minimum absolute atomic E-state index is 0.0525. The van der Waals surface area contributed by atoms with Crippen LogP contribution in [-0.4, -0.2) is 67.9 Å². The molecule has 0 bridgehead atoms. The molecule has 2 aromatic heterocycles. The molecule has 0 radical (unpaired) electrons. The number of nitrogens with one attached hydrogen (secondary N) is 2. The van der Waals surface area contributed by atoms with Crippen LogP contribution in [0.2, 0.25) is 0 Å². The zero-order valence-corrected chi connectivity index (χ0v) is 19.4. The molecule has 0 aliphatic carbocycles. The van der Waals surface area contributed by atoms with Gasteiger partial charge in [-0.2, -0.15) is 5.10 Å². The molecule has 0 unspecified atom stereocenters. The molecule has 4 rings (SSSR count). The summed E-state index contributed by atoms with van der Waals surface area (Å²) in [6.07, 6.45) is 5.94. The summed E-state index contributed by atoms with van der Waals surface area (Å²) < 4.78 is 5.89. The first-order valence-electron chi connectivity index (χ1n) is 10.7. The van der Waals surface area contributed by atoms with E-state index in [2.05, 4.69) is 58.4 Å². The number of likely N-dealkylation sites (N-methyl/N-ethyl adjacent to an activating group) is 1. The van der Waals surface area contributed by atoms with Gasteiger partial charge in [0.2, 0.25) is 5.95 Å². The van der Waals surface area contributed by atoms with Crippen LogP contribution in [0, 0.1) is 0 Å². The van der Waals surface area contributed by atoms with Gasteiger partial charge in [-0.3, -0.25) is 5.10 Å². The molecule has 2 atom stereocenters. The molecule has 0 amide bonds. The number of rotatable bonds is 5. The maximum Gasteiger partial charge on any atom is 0.245 e. The Labute approximate surface area is 188 Å². The third-order valence-corrected chi connectivity index (χ3v) is 6.16. The predicted octanol–water partition coefficient (Wildman–Crippen LogP) is 3.00. The molecule has 3 heterocycles. The molecule has 1 aromatic carbocycles. The van der Waals surface area contributed by atoms with Gasteiger partial charge in [-0.1, -0.05) is 6.07 Å². The van der Waals surface area contributed by atoms with Gasteiger partial charge in [0.15, 0.2) is 0 Å². The van der Waals surface area contributed by atoms with Crippen LogP contribution in [0.5, 0.6) is 5.75 Å². The lowest BCUT2D eigenvalue weighted by Gasteiger charge is -2.53. The van der Waals surface area contributed by atoms with Crippen molar-refractivity contribution in [3.63, 3.8) is 0 Å². The highest BCUT2D eigenvalue weighted by Crippen LogP contribution is 2.35. The lowest BCUT2D eigenvalue weighted by Crippen LogP contribution is -2.70. The van der Waals surface area contributed by atoms with Gasteiger partial charge in [0.1, 0.15) is 11.4 Å². The molecule has 1 saturated heterocycles.